The van der Waals surface area contributed by atoms with Crippen molar-refractivity contribution in [3.63, 3.8) is 0 Å². The Morgan fingerprint density at radius 2 is 1.00 bits per heavy atom. The van der Waals surface area contributed by atoms with Gasteiger partial charge in [-0.2, -0.15) is 0 Å². The fraction of sp³-hybridized carbons (Fsp3) is 0.789. The third-order valence-corrected chi connectivity index (χ3v) is 5.32. The van der Waals surface area contributed by atoms with Crippen LogP contribution >= 0.6 is 0 Å². The van der Waals surface area contributed by atoms with E-state index in [9.17, 15) is 39.6 Å². The van der Waals surface area contributed by atoms with Gasteiger partial charge >= 0.3 is 0 Å². The Kier molecular flexibility index (Phi) is 16.9. The zero-order valence-corrected chi connectivity index (χ0v) is 20.7. The van der Waals surface area contributed by atoms with Crippen molar-refractivity contribution in [3.05, 3.63) is 0 Å². The van der Waals surface area contributed by atoms with Crippen LogP contribution in [0.1, 0.15) is 12.8 Å². The maximum atomic E-state index is 11.7. The molecule has 0 spiro atoms. The van der Waals surface area contributed by atoms with Gasteiger partial charge in [0.25, 0.3) is 0 Å². The number of carboxylic acid groups (broad SMARTS) is 4. The number of carbonyl (C=O) groups is 4. The number of nitrogens with zero attached hydrogens (tertiary/aromatic N) is 4. The van der Waals surface area contributed by atoms with Gasteiger partial charge in [0.2, 0.25) is 0 Å². The minimum atomic E-state index is -1.31. The van der Waals surface area contributed by atoms with Gasteiger partial charge in [-0.15, -0.1) is 0 Å². The molecule has 0 aromatic heterocycles. The predicted octanol–water partition coefficient (Wildman–Crippen LogP) is -7.68. The van der Waals surface area contributed by atoms with Crippen molar-refractivity contribution < 1.29 is 79.5 Å². The van der Waals surface area contributed by atoms with Crippen molar-refractivity contribution in [1.29, 1.82) is 0 Å². The molecule has 33 heavy (non-hydrogen) atoms. The van der Waals surface area contributed by atoms with Gasteiger partial charge in [0, 0.05) is 118 Å². The molecule has 1 heterocycles. The van der Waals surface area contributed by atoms with Crippen molar-refractivity contribution in [1.82, 2.24) is 19.6 Å². The smallest absolute Gasteiger partial charge is 0.0586 e. The van der Waals surface area contributed by atoms with E-state index >= 15 is 0 Å². The van der Waals surface area contributed by atoms with Crippen molar-refractivity contribution in [3.8, 4) is 0 Å². The minimum absolute atomic E-state index is 0. The molecule has 1 saturated heterocycles. The van der Waals surface area contributed by atoms with E-state index in [1.165, 1.54) is 4.90 Å². The second-order valence-electron chi connectivity index (χ2n) is 7.75. The van der Waals surface area contributed by atoms with Crippen LogP contribution in [0.5, 0.6) is 0 Å². The molecule has 0 bridgehead atoms. The maximum absolute atomic E-state index is 11.7. The summed E-state index contributed by atoms with van der Waals surface area (Å²) in [5.41, 5.74) is 5.50. The van der Waals surface area contributed by atoms with Gasteiger partial charge < -0.3 is 45.3 Å². The summed E-state index contributed by atoms with van der Waals surface area (Å²) >= 11 is 0. The van der Waals surface area contributed by atoms with Crippen LogP contribution in [0.2, 0.25) is 0 Å². The number of hydrogen-bond acceptors (Lipinski definition) is 13. The standard InChI is InChI=1S/C19H35N5O8.Gd/c20-3-1-2-15(19(31)32)24-10-8-22(13-17(27)28)6-4-21(12-16(25)26)5-7-23(9-11-24)14-18(29)30;/h15H,1-14,20H2,(H,25,26)(H,27,28)(H,29,30)(H,31,32);/p-4. The number of carboxylic acids is 4. The van der Waals surface area contributed by atoms with E-state index in [4.69, 9.17) is 5.73 Å². The number of aliphatic carboxylic acids is 4. The summed E-state index contributed by atoms with van der Waals surface area (Å²) in [7, 11) is 0. The van der Waals surface area contributed by atoms with Crippen molar-refractivity contribution in [2.45, 2.75) is 18.9 Å². The van der Waals surface area contributed by atoms with Crippen LogP contribution in [0.3, 0.4) is 0 Å². The number of rotatable bonds is 11. The zero-order valence-electron chi connectivity index (χ0n) is 18.5. The van der Waals surface area contributed by atoms with Crippen LogP contribution in [0, 0.1) is 39.9 Å². The normalized spacial score (nSPS) is 18.9. The topological polar surface area (TPSA) is 200 Å². The van der Waals surface area contributed by atoms with Gasteiger partial charge in [-0.1, -0.05) is 0 Å². The van der Waals surface area contributed by atoms with Crippen molar-refractivity contribution >= 4 is 23.9 Å². The molecule has 14 heteroatoms. The summed E-state index contributed by atoms with van der Waals surface area (Å²) in [5.74, 6) is -5.22. The molecular weight excluding hydrogens is 583 g/mol. The maximum Gasteiger partial charge on any atom is 0.0586 e. The van der Waals surface area contributed by atoms with Crippen LogP contribution in [0.4, 0.5) is 0 Å². The molecule has 0 radical (unpaired) electrons. The molecule has 0 aromatic rings. The first-order valence-electron chi connectivity index (χ1n) is 10.5. The molecule has 0 amide bonds. The minimum Gasteiger partial charge on any atom is -0.549 e. The van der Waals surface area contributed by atoms with E-state index < -0.39 is 49.6 Å². The SMILES string of the molecule is NCCCC(C(=O)[O-])N1CCN(CC(=O)[O-])CCN(CC(=O)[O-])CCN(CC(=O)[O-])CC1.[Gd]. The van der Waals surface area contributed by atoms with Crippen LogP contribution in [-0.2, 0) is 19.2 Å². The third kappa shape index (κ3) is 14.1. The Bertz CT molecular complexity index is 609. The summed E-state index contributed by atoms with van der Waals surface area (Å²) in [5, 5.41) is 45.1. The number of carbonyl (C=O) groups excluding carboxylic acids is 4. The molecule has 1 aliphatic heterocycles. The summed E-state index contributed by atoms with van der Waals surface area (Å²) in [6.07, 6.45) is 0.679. The van der Waals surface area contributed by atoms with E-state index in [2.05, 4.69) is 0 Å². The van der Waals surface area contributed by atoms with Gasteiger partial charge in [-0.3, -0.25) is 19.6 Å². The quantitative estimate of drug-likeness (QED) is 0.230. The van der Waals surface area contributed by atoms with Gasteiger partial charge in [-0.25, -0.2) is 0 Å². The van der Waals surface area contributed by atoms with Crippen LogP contribution in [-0.4, -0.2) is 128 Å². The van der Waals surface area contributed by atoms with Crippen molar-refractivity contribution in [2.24, 2.45) is 5.73 Å². The van der Waals surface area contributed by atoms with Gasteiger partial charge in [0.1, 0.15) is 0 Å². The Morgan fingerprint density at radius 1 is 0.667 bits per heavy atom. The Morgan fingerprint density at radius 3 is 1.27 bits per heavy atom. The molecule has 1 atom stereocenters. The summed E-state index contributed by atoms with van der Waals surface area (Å²) in [4.78, 5) is 51.3. The molecule has 1 rings (SSSR count). The summed E-state index contributed by atoms with van der Waals surface area (Å²) in [6, 6.07) is -0.967. The van der Waals surface area contributed by atoms with E-state index in [-0.39, 0.29) is 98.7 Å². The van der Waals surface area contributed by atoms with Crippen LogP contribution in [0.25, 0.3) is 0 Å². The molecule has 0 aliphatic carbocycles. The van der Waals surface area contributed by atoms with E-state index in [1.54, 1.807) is 14.7 Å². The summed E-state index contributed by atoms with van der Waals surface area (Å²) in [6.45, 7) is 0.575. The number of hydrogen-bond donors (Lipinski definition) is 1. The first kappa shape index (κ1) is 32.0. The van der Waals surface area contributed by atoms with Crippen LogP contribution in [0.15, 0.2) is 0 Å². The molecule has 0 saturated carbocycles. The van der Waals surface area contributed by atoms with E-state index in [1.807, 2.05) is 0 Å². The Balaban J connectivity index is 0.0000102. The average Bonchev–Trinajstić information content (AvgIpc) is 2.68. The average molecular weight is 615 g/mol. The Labute approximate surface area is 225 Å². The number of nitrogens with two attached hydrogens (primary N) is 1. The predicted molar refractivity (Wildman–Crippen MR) is 103 cm³/mol. The fourth-order valence-electron chi connectivity index (χ4n) is 3.65. The third-order valence-electron chi connectivity index (χ3n) is 5.32. The van der Waals surface area contributed by atoms with Gasteiger partial charge in [0.05, 0.1) is 23.9 Å². The first-order valence-corrected chi connectivity index (χ1v) is 10.5. The fourth-order valence-corrected chi connectivity index (χ4v) is 3.65. The van der Waals surface area contributed by atoms with Gasteiger partial charge in [0.15, 0.2) is 0 Å². The largest absolute Gasteiger partial charge is 0.549 e. The molecular formula is C19H31GdN5O8-4. The molecule has 1 aliphatic rings. The van der Waals surface area contributed by atoms with E-state index in [0.717, 1.165) is 0 Å². The second-order valence-corrected chi connectivity index (χ2v) is 7.75. The molecule has 13 nitrogen and oxygen atoms in total. The summed E-state index contributed by atoms with van der Waals surface area (Å²) < 4.78 is 0. The molecule has 192 valence electrons. The second kappa shape index (κ2) is 17.4. The van der Waals surface area contributed by atoms with E-state index in [0.29, 0.717) is 13.0 Å². The van der Waals surface area contributed by atoms with Gasteiger partial charge in [-0.05, 0) is 19.4 Å². The molecule has 2 N–H and O–H groups in total. The zero-order chi connectivity index (χ0) is 24.1. The molecule has 1 unspecified atom stereocenters. The van der Waals surface area contributed by atoms with Crippen molar-refractivity contribution in [2.75, 3.05) is 78.5 Å². The Hall–Kier alpha value is -0.995. The molecule has 0 aromatic carbocycles. The monoisotopic (exact) mass is 615 g/mol. The van der Waals surface area contributed by atoms with Crippen LogP contribution < -0.4 is 26.2 Å². The molecule has 1 fully saturated rings. The first-order chi connectivity index (χ1) is 15.1.